The molecule has 146 valence electrons. The van der Waals surface area contributed by atoms with Gasteiger partial charge in [0.25, 0.3) is 5.91 Å². The molecule has 1 saturated carbocycles. The van der Waals surface area contributed by atoms with Gasteiger partial charge in [-0.1, -0.05) is 12.7 Å². The van der Waals surface area contributed by atoms with Crippen molar-refractivity contribution >= 4 is 21.5 Å². The first kappa shape index (κ1) is 21.0. The second-order valence-corrected chi connectivity index (χ2v) is 8.84. The normalized spacial score (nSPS) is 21.6. The first-order valence-corrected chi connectivity index (χ1v) is 10.4. The molecule has 1 aliphatic rings. The van der Waals surface area contributed by atoms with E-state index in [1.54, 1.807) is 20.0 Å². The zero-order valence-corrected chi connectivity index (χ0v) is 16.4. The molecule has 0 radical (unpaired) electrons. The van der Waals surface area contributed by atoms with Gasteiger partial charge in [-0.2, -0.15) is 0 Å². The summed E-state index contributed by atoms with van der Waals surface area (Å²) in [5.41, 5.74) is 1.15. The maximum atomic E-state index is 13.0. The molecule has 5 nitrogen and oxygen atoms in total. The number of nitrogens with one attached hydrogen (secondary N) is 1. The molecule has 0 aliphatic heterocycles. The Hall–Kier alpha value is -2.28. The van der Waals surface area contributed by atoms with Gasteiger partial charge in [-0.05, 0) is 62.9 Å². The molecule has 7 heteroatoms. The molecular formula is C20H25FN2O3S. The van der Waals surface area contributed by atoms with Crippen molar-refractivity contribution in [3.05, 3.63) is 54.4 Å². The third-order valence-corrected chi connectivity index (χ3v) is 7.07. The van der Waals surface area contributed by atoms with Crippen LogP contribution in [0, 0.1) is 5.82 Å². The Kier molecular flexibility index (Phi) is 7.07. The Labute approximate surface area is 160 Å². The molecule has 1 aliphatic carbocycles. The van der Waals surface area contributed by atoms with Crippen molar-refractivity contribution in [3.63, 3.8) is 0 Å². The summed E-state index contributed by atoms with van der Waals surface area (Å²) in [7, 11) is -1.85. The Morgan fingerprint density at radius 3 is 2.33 bits per heavy atom. The molecule has 0 unspecified atom stereocenters. The number of sulfone groups is 1. The number of amides is 1. The van der Waals surface area contributed by atoms with Gasteiger partial charge in [-0.15, -0.1) is 0 Å². The minimum absolute atomic E-state index is 0.0839. The molecule has 0 saturated heterocycles. The van der Waals surface area contributed by atoms with Crippen molar-refractivity contribution in [1.29, 1.82) is 0 Å². The second kappa shape index (κ2) is 9.08. The van der Waals surface area contributed by atoms with Gasteiger partial charge < -0.3 is 5.32 Å². The first-order valence-electron chi connectivity index (χ1n) is 8.85. The molecule has 2 rings (SSSR count). The average molecular weight is 392 g/mol. The number of halogens is 1. The fourth-order valence-electron chi connectivity index (χ4n) is 3.11. The van der Waals surface area contributed by atoms with Crippen LogP contribution in [0.4, 0.5) is 4.39 Å². The minimum Gasteiger partial charge on any atom is -0.349 e. The van der Waals surface area contributed by atoms with E-state index in [9.17, 15) is 17.6 Å². The van der Waals surface area contributed by atoms with Crippen molar-refractivity contribution in [1.82, 2.24) is 5.32 Å². The molecule has 0 spiro atoms. The molecule has 27 heavy (non-hydrogen) atoms. The smallest absolute Gasteiger partial charge is 0.251 e. The summed E-state index contributed by atoms with van der Waals surface area (Å²) >= 11 is 0. The van der Waals surface area contributed by atoms with Gasteiger partial charge in [0.15, 0.2) is 9.84 Å². The molecule has 0 atom stereocenters. The lowest BCUT2D eigenvalue weighted by atomic mass is 9.94. The van der Waals surface area contributed by atoms with Crippen LogP contribution >= 0.6 is 0 Å². The van der Waals surface area contributed by atoms with E-state index in [2.05, 4.69) is 16.9 Å². The summed E-state index contributed by atoms with van der Waals surface area (Å²) in [6.07, 6.45) is 5.19. The molecule has 1 fully saturated rings. The van der Waals surface area contributed by atoms with Crippen molar-refractivity contribution in [2.45, 2.75) is 48.8 Å². The Morgan fingerprint density at radius 1 is 1.22 bits per heavy atom. The van der Waals surface area contributed by atoms with Gasteiger partial charge in [-0.25, -0.2) is 12.8 Å². The topological polar surface area (TPSA) is 75.6 Å². The molecule has 1 amide bonds. The van der Waals surface area contributed by atoms with Crippen LogP contribution in [0.3, 0.4) is 0 Å². The van der Waals surface area contributed by atoms with Gasteiger partial charge in [0.05, 0.1) is 10.1 Å². The highest BCUT2D eigenvalue weighted by molar-refractivity contribution is 7.92. The quantitative estimate of drug-likeness (QED) is 0.350. The van der Waals surface area contributed by atoms with Crippen LogP contribution in [0.1, 0.15) is 32.6 Å². The average Bonchev–Trinajstić information content (AvgIpc) is 2.66. The number of benzene rings is 1. The van der Waals surface area contributed by atoms with Crippen LogP contribution in [0.15, 0.2) is 58.5 Å². The lowest BCUT2D eigenvalue weighted by Crippen LogP contribution is -2.40. The monoisotopic (exact) mass is 392 g/mol. The van der Waals surface area contributed by atoms with E-state index < -0.39 is 20.9 Å². The summed E-state index contributed by atoms with van der Waals surface area (Å²) in [4.78, 5) is 16.5. The number of hydrogen-bond donors (Lipinski definition) is 1. The molecule has 1 aromatic carbocycles. The molecule has 1 N–H and O–H groups in total. The predicted octanol–water partition coefficient (Wildman–Crippen LogP) is 3.23. The largest absolute Gasteiger partial charge is 0.349 e. The highest BCUT2D eigenvalue weighted by Gasteiger charge is 2.32. The molecule has 0 heterocycles. The van der Waals surface area contributed by atoms with Crippen molar-refractivity contribution in [2.75, 3.05) is 7.05 Å². The van der Waals surface area contributed by atoms with E-state index in [1.807, 2.05) is 0 Å². The van der Waals surface area contributed by atoms with Gasteiger partial charge >= 0.3 is 0 Å². The number of nitrogens with zero attached hydrogens (tertiary/aromatic N) is 1. The van der Waals surface area contributed by atoms with Crippen molar-refractivity contribution in [3.8, 4) is 0 Å². The summed E-state index contributed by atoms with van der Waals surface area (Å²) in [5.74, 6) is -0.701. The van der Waals surface area contributed by atoms with Crippen molar-refractivity contribution in [2.24, 2.45) is 4.99 Å². The summed E-state index contributed by atoms with van der Waals surface area (Å²) < 4.78 is 38.4. The highest BCUT2D eigenvalue weighted by Crippen LogP contribution is 2.29. The SMILES string of the molecule is C=C/C(=C\C(C)=NC)C(=O)NC1CCC(S(=O)(=O)c2ccc(F)cc2)CC1. The third-order valence-electron chi connectivity index (χ3n) is 4.79. The Morgan fingerprint density at radius 2 is 1.81 bits per heavy atom. The molecular weight excluding hydrogens is 367 g/mol. The number of allylic oxidation sites excluding steroid dienone is 1. The van der Waals surface area contributed by atoms with Crippen LogP contribution in [0.5, 0.6) is 0 Å². The summed E-state index contributed by atoms with van der Waals surface area (Å²) in [5, 5.41) is 2.43. The molecule has 0 aromatic heterocycles. The fourth-order valence-corrected chi connectivity index (χ4v) is 4.90. The maximum absolute atomic E-state index is 13.0. The zero-order valence-electron chi connectivity index (χ0n) is 15.6. The van der Waals surface area contributed by atoms with Gasteiger partial charge in [0, 0.05) is 24.4 Å². The van der Waals surface area contributed by atoms with Gasteiger partial charge in [0.2, 0.25) is 0 Å². The van der Waals surface area contributed by atoms with E-state index in [0.29, 0.717) is 37.0 Å². The molecule has 1 aromatic rings. The number of carbonyl (C=O) groups is 1. The van der Waals surface area contributed by atoms with Crippen LogP contribution in [-0.4, -0.2) is 38.4 Å². The predicted molar refractivity (Wildman–Crippen MR) is 105 cm³/mol. The standard InChI is InChI=1S/C20H25FN2O3S/c1-4-15(13-14(2)22-3)20(24)23-17-7-11-19(12-8-17)27(25,26)18-9-5-16(21)6-10-18/h4-6,9-10,13,17,19H,1,7-8,11-12H2,2-3H3,(H,23,24)/b15-13+,22-14?. The fraction of sp³-hybridized carbons (Fsp3) is 0.400. The van der Waals surface area contributed by atoms with Crippen LogP contribution in [0.25, 0.3) is 0 Å². The number of hydrogen-bond acceptors (Lipinski definition) is 4. The number of aliphatic imine (C=N–C) groups is 1. The van der Waals surface area contributed by atoms with E-state index in [1.165, 1.54) is 18.2 Å². The number of carbonyl (C=O) groups excluding carboxylic acids is 1. The minimum atomic E-state index is -3.49. The number of rotatable bonds is 6. The summed E-state index contributed by atoms with van der Waals surface area (Å²) in [6, 6.07) is 4.83. The van der Waals surface area contributed by atoms with Gasteiger partial charge in [-0.3, -0.25) is 9.79 Å². The van der Waals surface area contributed by atoms with Gasteiger partial charge in [0.1, 0.15) is 5.82 Å². The lowest BCUT2D eigenvalue weighted by molar-refractivity contribution is -0.118. The Balaban J connectivity index is 1.98. The van der Waals surface area contributed by atoms with Crippen LogP contribution in [-0.2, 0) is 14.6 Å². The van der Waals surface area contributed by atoms with E-state index in [-0.39, 0.29) is 16.8 Å². The lowest BCUT2D eigenvalue weighted by Gasteiger charge is -2.29. The zero-order chi connectivity index (χ0) is 20.0. The molecule has 0 bridgehead atoms. The van der Waals surface area contributed by atoms with E-state index >= 15 is 0 Å². The highest BCUT2D eigenvalue weighted by atomic mass is 32.2. The van der Waals surface area contributed by atoms with Crippen molar-refractivity contribution < 1.29 is 17.6 Å². The Bertz CT molecular complexity index is 850. The summed E-state index contributed by atoms with van der Waals surface area (Å²) in [6.45, 7) is 5.45. The van der Waals surface area contributed by atoms with Crippen LogP contribution < -0.4 is 5.32 Å². The maximum Gasteiger partial charge on any atom is 0.251 e. The van der Waals surface area contributed by atoms with E-state index in [0.717, 1.165) is 12.1 Å². The third kappa shape index (κ3) is 5.35. The second-order valence-electron chi connectivity index (χ2n) is 6.61. The van der Waals surface area contributed by atoms with Crippen LogP contribution in [0.2, 0.25) is 0 Å². The van der Waals surface area contributed by atoms with E-state index in [4.69, 9.17) is 0 Å². The first-order chi connectivity index (χ1) is 12.8.